The number of rotatable bonds is 8. The Balaban J connectivity index is 2.26. The van der Waals surface area contributed by atoms with E-state index in [1.807, 2.05) is 6.07 Å². The van der Waals surface area contributed by atoms with Crippen molar-refractivity contribution in [2.45, 2.75) is 52.0 Å². The normalized spacial score (nSPS) is 14.9. The van der Waals surface area contributed by atoms with E-state index in [1.54, 1.807) is 6.26 Å². The molecule has 0 bridgehead atoms. The van der Waals surface area contributed by atoms with Crippen LogP contribution in [0.25, 0.3) is 0 Å². The van der Waals surface area contributed by atoms with Gasteiger partial charge in [0.05, 0.1) is 6.26 Å². The molecule has 2 unspecified atom stereocenters. The van der Waals surface area contributed by atoms with Gasteiger partial charge in [-0.25, -0.2) is 0 Å². The maximum absolute atomic E-state index is 5.35. The fraction of sp³-hybridized carbons (Fsp3) is 0.714. The van der Waals surface area contributed by atoms with Crippen molar-refractivity contribution in [3.8, 4) is 0 Å². The zero-order valence-corrected chi connectivity index (χ0v) is 10.8. The molecule has 92 valence electrons. The number of hydrogen-bond donors (Lipinski definition) is 1. The van der Waals surface area contributed by atoms with Gasteiger partial charge in [-0.2, -0.15) is 0 Å². The first-order valence-corrected chi connectivity index (χ1v) is 6.45. The Morgan fingerprint density at radius 1 is 1.38 bits per heavy atom. The smallest absolute Gasteiger partial charge is 0.103 e. The Morgan fingerprint density at radius 2 is 2.19 bits per heavy atom. The highest BCUT2D eigenvalue weighted by molar-refractivity contribution is 4.98. The molecule has 0 saturated carbocycles. The number of nitrogens with one attached hydrogen (secondary N) is 1. The molecule has 1 N–H and O–H groups in total. The second-order valence-corrected chi connectivity index (χ2v) is 4.73. The Morgan fingerprint density at radius 3 is 2.75 bits per heavy atom. The van der Waals surface area contributed by atoms with Crippen molar-refractivity contribution < 1.29 is 4.42 Å². The van der Waals surface area contributed by atoms with Crippen LogP contribution in [0.1, 0.15) is 45.3 Å². The third-order valence-corrected chi connectivity index (χ3v) is 3.20. The Hall–Kier alpha value is -0.760. The van der Waals surface area contributed by atoms with Crippen LogP contribution in [0, 0.1) is 5.92 Å². The number of hydrogen-bond acceptors (Lipinski definition) is 2. The van der Waals surface area contributed by atoms with E-state index >= 15 is 0 Å². The fourth-order valence-electron chi connectivity index (χ4n) is 2.25. The van der Waals surface area contributed by atoms with Crippen molar-refractivity contribution in [1.82, 2.24) is 5.32 Å². The Bertz CT molecular complexity index is 256. The quantitative estimate of drug-likeness (QED) is 0.728. The largest absolute Gasteiger partial charge is 0.469 e. The van der Waals surface area contributed by atoms with Gasteiger partial charge in [-0.3, -0.25) is 0 Å². The van der Waals surface area contributed by atoms with Gasteiger partial charge < -0.3 is 9.73 Å². The van der Waals surface area contributed by atoms with E-state index in [0.29, 0.717) is 6.04 Å². The van der Waals surface area contributed by atoms with Crippen molar-refractivity contribution in [1.29, 1.82) is 0 Å². The summed E-state index contributed by atoms with van der Waals surface area (Å²) in [5.41, 5.74) is 0. The summed E-state index contributed by atoms with van der Waals surface area (Å²) in [4.78, 5) is 0. The van der Waals surface area contributed by atoms with Crippen LogP contribution in [0.3, 0.4) is 0 Å². The molecule has 1 heterocycles. The number of aryl methyl sites for hydroxylation is 1. The van der Waals surface area contributed by atoms with Gasteiger partial charge in [0.2, 0.25) is 0 Å². The molecule has 1 aromatic rings. The van der Waals surface area contributed by atoms with Gasteiger partial charge in [-0.15, -0.1) is 0 Å². The van der Waals surface area contributed by atoms with Crippen LogP contribution < -0.4 is 5.32 Å². The van der Waals surface area contributed by atoms with Crippen molar-refractivity contribution >= 4 is 0 Å². The van der Waals surface area contributed by atoms with E-state index in [9.17, 15) is 0 Å². The molecule has 1 rings (SSSR count). The molecule has 0 fully saturated rings. The minimum absolute atomic E-state index is 0.617. The van der Waals surface area contributed by atoms with Crippen molar-refractivity contribution in [3.05, 3.63) is 24.2 Å². The second kappa shape index (κ2) is 7.50. The lowest BCUT2D eigenvalue weighted by Crippen LogP contribution is -2.27. The average molecular weight is 223 g/mol. The molecule has 2 nitrogen and oxygen atoms in total. The van der Waals surface area contributed by atoms with Gasteiger partial charge in [0.25, 0.3) is 0 Å². The van der Waals surface area contributed by atoms with E-state index in [4.69, 9.17) is 4.42 Å². The lowest BCUT2D eigenvalue weighted by molar-refractivity contribution is 0.374. The van der Waals surface area contributed by atoms with Gasteiger partial charge in [0.1, 0.15) is 5.76 Å². The molecule has 2 heteroatoms. The van der Waals surface area contributed by atoms with Crippen LogP contribution in [0.2, 0.25) is 0 Å². The van der Waals surface area contributed by atoms with Crippen LogP contribution in [-0.2, 0) is 6.42 Å². The molecular weight excluding hydrogens is 198 g/mol. The predicted molar refractivity (Wildman–Crippen MR) is 68.6 cm³/mol. The molecule has 0 amide bonds. The fourth-order valence-corrected chi connectivity index (χ4v) is 2.25. The van der Waals surface area contributed by atoms with E-state index in [2.05, 4.69) is 32.3 Å². The summed E-state index contributed by atoms with van der Waals surface area (Å²) in [5, 5.41) is 3.41. The van der Waals surface area contributed by atoms with Crippen molar-refractivity contribution in [2.75, 3.05) is 7.05 Å². The van der Waals surface area contributed by atoms with Crippen LogP contribution in [-0.4, -0.2) is 13.1 Å². The lowest BCUT2D eigenvalue weighted by atomic mass is 9.94. The molecule has 0 spiro atoms. The first-order valence-electron chi connectivity index (χ1n) is 6.45. The molecule has 0 aliphatic carbocycles. The Labute approximate surface area is 99.4 Å². The SMILES string of the molecule is CCCC(C)CC(CCc1ccco1)NC. The Kier molecular flexibility index (Phi) is 6.24. The van der Waals surface area contributed by atoms with E-state index < -0.39 is 0 Å². The third-order valence-electron chi connectivity index (χ3n) is 3.20. The summed E-state index contributed by atoms with van der Waals surface area (Å²) in [6.07, 6.45) is 7.85. The second-order valence-electron chi connectivity index (χ2n) is 4.73. The zero-order chi connectivity index (χ0) is 11.8. The minimum Gasteiger partial charge on any atom is -0.469 e. The average Bonchev–Trinajstić information content (AvgIpc) is 2.77. The third kappa shape index (κ3) is 4.84. The van der Waals surface area contributed by atoms with Gasteiger partial charge in [-0.05, 0) is 37.9 Å². The maximum Gasteiger partial charge on any atom is 0.103 e. The van der Waals surface area contributed by atoms with Crippen LogP contribution >= 0.6 is 0 Å². The standard InChI is InChI=1S/C14H25NO/c1-4-6-12(2)11-13(15-3)8-9-14-7-5-10-16-14/h5,7,10,12-13,15H,4,6,8-9,11H2,1-3H3. The van der Waals surface area contributed by atoms with Gasteiger partial charge >= 0.3 is 0 Å². The van der Waals surface area contributed by atoms with Crippen molar-refractivity contribution in [2.24, 2.45) is 5.92 Å². The maximum atomic E-state index is 5.35. The summed E-state index contributed by atoms with van der Waals surface area (Å²) in [5.74, 6) is 1.92. The molecule has 0 radical (unpaired) electrons. The molecule has 0 aliphatic heterocycles. The van der Waals surface area contributed by atoms with Gasteiger partial charge in [0.15, 0.2) is 0 Å². The van der Waals surface area contributed by atoms with Crippen LogP contribution in [0.5, 0.6) is 0 Å². The monoisotopic (exact) mass is 223 g/mol. The molecular formula is C14H25NO. The topological polar surface area (TPSA) is 25.2 Å². The molecule has 1 aromatic heterocycles. The number of furan rings is 1. The van der Waals surface area contributed by atoms with E-state index in [0.717, 1.165) is 24.5 Å². The molecule has 0 saturated heterocycles. The first kappa shape index (κ1) is 13.3. The van der Waals surface area contributed by atoms with Crippen LogP contribution in [0.15, 0.2) is 22.8 Å². The highest BCUT2D eigenvalue weighted by Crippen LogP contribution is 2.16. The summed E-state index contributed by atoms with van der Waals surface area (Å²) in [6, 6.07) is 4.64. The summed E-state index contributed by atoms with van der Waals surface area (Å²) >= 11 is 0. The van der Waals surface area contributed by atoms with Crippen molar-refractivity contribution in [3.63, 3.8) is 0 Å². The minimum atomic E-state index is 0.617. The highest BCUT2D eigenvalue weighted by Gasteiger charge is 2.11. The molecule has 0 aromatic carbocycles. The molecule has 0 aliphatic rings. The molecule has 16 heavy (non-hydrogen) atoms. The highest BCUT2D eigenvalue weighted by atomic mass is 16.3. The summed E-state index contributed by atoms with van der Waals surface area (Å²) < 4.78 is 5.35. The summed E-state index contributed by atoms with van der Waals surface area (Å²) in [7, 11) is 2.06. The van der Waals surface area contributed by atoms with Gasteiger partial charge in [0, 0.05) is 12.5 Å². The van der Waals surface area contributed by atoms with Crippen LogP contribution in [0.4, 0.5) is 0 Å². The predicted octanol–water partition coefficient (Wildman–Crippen LogP) is 3.63. The van der Waals surface area contributed by atoms with E-state index in [-0.39, 0.29) is 0 Å². The van der Waals surface area contributed by atoms with Gasteiger partial charge in [-0.1, -0.05) is 26.7 Å². The van der Waals surface area contributed by atoms with E-state index in [1.165, 1.54) is 19.3 Å². The lowest BCUT2D eigenvalue weighted by Gasteiger charge is -2.19. The first-order chi connectivity index (χ1) is 7.76. The molecule has 2 atom stereocenters. The summed E-state index contributed by atoms with van der Waals surface area (Å²) in [6.45, 7) is 4.61. The zero-order valence-electron chi connectivity index (χ0n) is 10.8.